The minimum Gasteiger partial charge on any atom is -0.456 e. The van der Waals surface area contributed by atoms with Crippen LogP contribution < -0.4 is 5.32 Å². The van der Waals surface area contributed by atoms with Crippen molar-refractivity contribution in [3.63, 3.8) is 0 Å². The molecule has 0 spiro atoms. The Balaban J connectivity index is 5.05. The Bertz CT molecular complexity index is 1670. The van der Waals surface area contributed by atoms with Gasteiger partial charge in [-0.1, -0.05) is 293 Å². The molecule has 0 fully saturated rings. The first-order valence-corrected chi connectivity index (χ1v) is 37.3. The third-order valence-electron chi connectivity index (χ3n) is 15.9. The number of nitrogens with one attached hydrogen (secondary N) is 1. The van der Waals surface area contributed by atoms with Gasteiger partial charge in [-0.25, -0.2) is 4.57 Å². The van der Waals surface area contributed by atoms with Crippen molar-refractivity contribution in [1.29, 1.82) is 0 Å². The number of phosphoric acid groups is 1. The molecule has 0 aromatic carbocycles. The van der Waals surface area contributed by atoms with Crippen LogP contribution in [-0.4, -0.2) is 74.3 Å². The fourth-order valence-electron chi connectivity index (χ4n) is 10.3. The second-order valence-electron chi connectivity index (χ2n) is 25.4. The number of hydrogen-bond donors (Lipinski definition) is 2. The van der Waals surface area contributed by atoms with Crippen LogP contribution in [0.5, 0.6) is 0 Å². The fourth-order valence-corrected chi connectivity index (χ4v) is 11.1. The van der Waals surface area contributed by atoms with Gasteiger partial charge in [-0.15, -0.1) is 0 Å². The van der Waals surface area contributed by atoms with Crippen molar-refractivity contribution in [2.75, 3.05) is 40.9 Å². The normalized spacial score (nSPS) is 13.9. The van der Waals surface area contributed by atoms with Crippen LogP contribution >= 0.6 is 7.82 Å². The highest BCUT2D eigenvalue weighted by Gasteiger charge is 2.30. The van der Waals surface area contributed by atoms with Gasteiger partial charge in [0.1, 0.15) is 19.3 Å². The van der Waals surface area contributed by atoms with Crippen LogP contribution in [0.3, 0.4) is 0 Å². The lowest BCUT2D eigenvalue weighted by Gasteiger charge is -2.27. The van der Waals surface area contributed by atoms with E-state index in [1.807, 2.05) is 33.3 Å². The van der Waals surface area contributed by atoms with E-state index in [9.17, 15) is 19.0 Å². The monoisotopic (exact) mass is 1200 g/mol. The highest BCUT2D eigenvalue weighted by Crippen LogP contribution is 2.43. The van der Waals surface area contributed by atoms with Crippen molar-refractivity contribution in [2.45, 2.75) is 348 Å². The number of carbonyl (C=O) groups is 2. The van der Waals surface area contributed by atoms with Gasteiger partial charge in [-0.3, -0.25) is 18.6 Å². The summed E-state index contributed by atoms with van der Waals surface area (Å²) in [6, 6.07) is -0.853. The van der Waals surface area contributed by atoms with Crippen LogP contribution in [0.2, 0.25) is 0 Å². The second kappa shape index (κ2) is 63.5. The number of amides is 1. The van der Waals surface area contributed by atoms with Crippen molar-refractivity contribution in [3.05, 3.63) is 72.9 Å². The second-order valence-corrected chi connectivity index (χ2v) is 26.9. The van der Waals surface area contributed by atoms with Crippen LogP contribution in [0, 0.1) is 0 Å². The molecule has 0 rings (SSSR count). The average molecular weight is 1200 g/mol. The molecule has 0 bridgehead atoms. The topological polar surface area (TPSA) is 111 Å². The summed E-state index contributed by atoms with van der Waals surface area (Å²) < 4.78 is 30.8. The molecule has 0 aliphatic heterocycles. The van der Waals surface area contributed by atoms with Crippen LogP contribution in [-0.2, 0) is 27.9 Å². The first kappa shape index (κ1) is 81.5. The largest absolute Gasteiger partial charge is 0.472 e. The first-order valence-electron chi connectivity index (χ1n) is 35.8. The van der Waals surface area contributed by atoms with Gasteiger partial charge in [0.25, 0.3) is 0 Å². The summed E-state index contributed by atoms with van der Waals surface area (Å²) in [4.78, 5) is 37.9. The SMILES string of the molecule is CCCCC/C=C\C/C=C\C/C=C\C/C=C\CCCCCCCCCCCCCC(=O)NC(COP(=O)(O)OCC[N+](C)(C)C)C(/C=C\CCCCCCCCCCCC)OC(=O)CCCCCCCCCCC/C=C/CCCCCCCC. The lowest BCUT2D eigenvalue weighted by atomic mass is 10.0. The number of allylic oxidation sites excluding steroid dienone is 11. The van der Waals surface area contributed by atoms with E-state index < -0.39 is 20.0 Å². The summed E-state index contributed by atoms with van der Waals surface area (Å²) in [5.74, 6) is -0.502. The number of likely N-dealkylation sites (N-methyl/N-ethyl adjacent to an activating group) is 1. The fraction of sp³-hybridized carbons (Fsp3) is 0.811. The molecule has 490 valence electrons. The molecule has 1 amide bonds. The number of quaternary nitrogens is 1. The number of esters is 1. The Morgan fingerprint density at radius 2 is 0.726 bits per heavy atom. The van der Waals surface area contributed by atoms with Crippen molar-refractivity contribution >= 4 is 19.7 Å². The van der Waals surface area contributed by atoms with Crippen LogP contribution in [0.1, 0.15) is 335 Å². The minimum atomic E-state index is -4.46. The van der Waals surface area contributed by atoms with E-state index in [4.69, 9.17) is 13.8 Å². The van der Waals surface area contributed by atoms with Gasteiger partial charge in [0.05, 0.1) is 33.8 Å². The Hall–Kier alpha value is -2.55. The highest BCUT2D eigenvalue weighted by molar-refractivity contribution is 7.47. The number of phosphoric ester groups is 1. The summed E-state index contributed by atoms with van der Waals surface area (Å²) in [5, 5.41) is 3.07. The number of nitrogens with zero attached hydrogens (tertiary/aromatic N) is 1. The molecular formula is C74H138N2O7P+. The maximum absolute atomic E-state index is 13.6. The lowest BCUT2D eigenvalue weighted by Crippen LogP contribution is -2.47. The number of carbonyl (C=O) groups excluding carboxylic acids is 2. The third kappa shape index (κ3) is 63.9. The quantitative estimate of drug-likeness (QED) is 0.0205. The molecule has 3 unspecified atom stereocenters. The molecule has 0 aromatic rings. The maximum Gasteiger partial charge on any atom is 0.472 e. The van der Waals surface area contributed by atoms with Gasteiger partial charge in [0, 0.05) is 12.8 Å². The van der Waals surface area contributed by atoms with Gasteiger partial charge in [0.2, 0.25) is 5.91 Å². The minimum absolute atomic E-state index is 0.0383. The number of ether oxygens (including phenoxy) is 1. The van der Waals surface area contributed by atoms with Gasteiger partial charge in [-0.2, -0.15) is 0 Å². The molecule has 3 atom stereocenters. The Kier molecular flexibility index (Phi) is 61.5. The van der Waals surface area contributed by atoms with E-state index >= 15 is 0 Å². The zero-order chi connectivity index (χ0) is 61.4. The van der Waals surface area contributed by atoms with E-state index in [0.29, 0.717) is 17.4 Å². The smallest absolute Gasteiger partial charge is 0.456 e. The summed E-state index contributed by atoms with van der Waals surface area (Å²) in [6.45, 7) is 7.01. The number of hydrogen-bond acceptors (Lipinski definition) is 6. The molecule has 2 N–H and O–H groups in total. The molecule has 10 heteroatoms. The molecule has 0 radical (unpaired) electrons. The van der Waals surface area contributed by atoms with E-state index in [0.717, 1.165) is 77.0 Å². The van der Waals surface area contributed by atoms with Crippen LogP contribution in [0.15, 0.2) is 72.9 Å². The summed E-state index contributed by atoms with van der Waals surface area (Å²) in [7, 11) is 1.50. The lowest BCUT2D eigenvalue weighted by molar-refractivity contribution is -0.870. The van der Waals surface area contributed by atoms with Crippen molar-refractivity contribution in [3.8, 4) is 0 Å². The zero-order valence-corrected chi connectivity index (χ0v) is 57.0. The maximum atomic E-state index is 13.6. The third-order valence-corrected chi connectivity index (χ3v) is 16.9. The van der Waals surface area contributed by atoms with Crippen molar-refractivity contribution in [2.24, 2.45) is 0 Å². The average Bonchev–Trinajstić information content (AvgIpc) is 3.64. The van der Waals surface area contributed by atoms with E-state index in [2.05, 4.69) is 86.8 Å². The Morgan fingerprint density at radius 3 is 1.12 bits per heavy atom. The molecule has 0 saturated carbocycles. The molecule has 0 heterocycles. The van der Waals surface area contributed by atoms with Crippen molar-refractivity contribution < 1.29 is 37.3 Å². The predicted molar refractivity (Wildman–Crippen MR) is 365 cm³/mol. The molecule has 84 heavy (non-hydrogen) atoms. The Morgan fingerprint density at radius 1 is 0.417 bits per heavy atom. The van der Waals surface area contributed by atoms with E-state index in [1.54, 1.807) is 0 Å². The van der Waals surface area contributed by atoms with E-state index in [-0.39, 0.29) is 31.5 Å². The van der Waals surface area contributed by atoms with Gasteiger partial charge in [-0.05, 0) is 102 Å². The van der Waals surface area contributed by atoms with Crippen LogP contribution in [0.25, 0.3) is 0 Å². The van der Waals surface area contributed by atoms with Gasteiger partial charge >= 0.3 is 13.8 Å². The predicted octanol–water partition coefficient (Wildman–Crippen LogP) is 22.7. The van der Waals surface area contributed by atoms with Gasteiger partial charge < -0.3 is 19.4 Å². The molecule has 9 nitrogen and oxygen atoms in total. The highest BCUT2D eigenvalue weighted by atomic mass is 31.2. The van der Waals surface area contributed by atoms with Crippen molar-refractivity contribution in [1.82, 2.24) is 5.32 Å². The molecule has 0 aromatic heterocycles. The molecular weight excluding hydrogens is 1060 g/mol. The standard InChI is InChI=1S/C74H137N2O7P/c1-7-10-13-16-19-22-25-28-30-32-34-35-36-37-38-39-40-41-43-44-46-48-51-54-57-60-63-66-73(77)75-71(70-82-84(79,80)81-69-68-76(4,5)6)72(65-62-59-56-53-50-27-24-21-18-15-12-9-3)83-74(78)67-64-61-58-55-52-49-47-45-42-33-31-29-26-23-20-17-14-11-8-2/h19,22,28-31,34-35,37-38,62,65,71-72H,7-18,20-21,23-27,32-33,36,39-61,63-64,66-70H2,1-6H3,(H-,75,77,79,80)/p+1/b22-19-,30-28-,31-29+,35-34-,38-37-,65-62-. The molecule has 0 saturated heterocycles. The van der Waals surface area contributed by atoms with Crippen LogP contribution in [0.4, 0.5) is 0 Å². The zero-order valence-electron chi connectivity index (χ0n) is 56.1. The Labute approximate surface area is 521 Å². The molecule has 0 aliphatic rings. The summed E-state index contributed by atoms with van der Waals surface area (Å²) >= 11 is 0. The number of rotatable bonds is 65. The van der Waals surface area contributed by atoms with Gasteiger partial charge in [0.15, 0.2) is 0 Å². The van der Waals surface area contributed by atoms with E-state index in [1.165, 1.54) is 225 Å². The summed E-state index contributed by atoms with van der Waals surface area (Å²) in [5.41, 5.74) is 0. The summed E-state index contributed by atoms with van der Waals surface area (Å²) in [6.07, 6.45) is 83.4. The number of unbranched alkanes of at least 4 members (excludes halogenated alkanes) is 39. The first-order chi connectivity index (χ1) is 40.9. The molecule has 0 aliphatic carbocycles.